The van der Waals surface area contributed by atoms with Gasteiger partial charge < -0.3 is 25.0 Å². The van der Waals surface area contributed by atoms with Crippen LogP contribution in [-0.4, -0.2) is 74.2 Å². The molecule has 3 aromatic rings. The molecule has 12 heteroatoms. The fourth-order valence-electron chi connectivity index (χ4n) is 4.54. The van der Waals surface area contributed by atoms with Crippen LogP contribution >= 0.6 is 0 Å². The molecule has 1 aliphatic rings. The Morgan fingerprint density at radius 1 is 1.12 bits per heavy atom. The van der Waals surface area contributed by atoms with Crippen LogP contribution in [-0.2, 0) is 10.0 Å². The van der Waals surface area contributed by atoms with Gasteiger partial charge in [-0.05, 0) is 68.4 Å². The minimum absolute atomic E-state index is 0.0776. The first-order chi connectivity index (χ1) is 19.9. The average molecular weight is 599 g/mol. The lowest BCUT2D eigenvalue weighted by Crippen LogP contribution is -2.50. The SMILES string of the molecule is Cc1ccc(S(=O)(=O)Nc2ccc3c(c2)C(=O)N([C@@H](C)CO)C[C@H](C)[C@@H](CN(C)C(=O)Nc2ccc(F)cc2)O3)cc1. The van der Waals surface area contributed by atoms with Gasteiger partial charge in [0.05, 0.1) is 29.7 Å². The van der Waals surface area contributed by atoms with Crippen LogP contribution in [0.15, 0.2) is 71.6 Å². The quantitative estimate of drug-likeness (QED) is 0.354. The van der Waals surface area contributed by atoms with E-state index in [9.17, 15) is 27.5 Å². The third-order valence-electron chi connectivity index (χ3n) is 7.14. The molecule has 0 saturated heterocycles. The molecule has 3 amide bonds. The monoisotopic (exact) mass is 598 g/mol. The number of nitrogens with one attached hydrogen (secondary N) is 2. The van der Waals surface area contributed by atoms with Crippen molar-refractivity contribution in [1.82, 2.24) is 9.80 Å². The highest BCUT2D eigenvalue weighted by atomic mass is 32.2. The van der Waals surface area contributed by atoms with Gasteiger partial charge in [0, 0.05) is 30.9 Å². The number of fused-ring (bicyclic) bond motifs is 1. The number of aryl methyl sites for hydroxylation is 1. The summed E-state index contributed by atoms with van der Waals surface area (Å²) in [5.74, 6) is -0.871. The number of amides is 3. The molecular formula is C30H35FN4O6S. The van der Waals surface area contributed by atoms with Crippen molar-refractivity contribution in [3.8, 4) is 5.75 Å². The van der Waals surface area contributed by atoms with Crippen LogP contribution in [0.1, 0.15) is 29.8 Å². The van der Waals surface area contributed by atoms with Gasteiger partial charge in [-0.2, -0.15) is 0 Å². The summed E-state index contributed by atoms with van der Waals surface area (Å²) in [6, 6.07) is 15.3. The third-order valence-corrected chi connectivity index (χ3v) is 8.54. The molecule has 3 atom stereocenters. The fourth-order valence-corrected chi connectivity index (χ4v) is 5.59. The molecule has 0 radical (unpaired) electrons. The number of halogens is 1. The molecular weight excluding hydrogens is 563 g/mol. The summed E-state index contributed by atoms with van der Waals surface area (Å²) < 4.78 is 48.1. The van der Waals surface area contributed by atoms with Crippen molar-refractivity contribution in [2.24, 2.45) is 5.92 Å². The van der Waals surface area contributed by atoms with E-state index in [1.807, 2.05) is 13.8 Å². The predicted octanol–water partition coefficient (Wildman–Crippen LogP) is 4.32. The molecule has 0 saturated carbocycles. The first-order valence-electron chi connectivity index (χ1n) is 13.5. The second-order valence-corrected chi connectivity index (χ2v) is 12.3. The van der Waals surface area contributed by atoms with Crippen LogP contribution in [0, 0.1) is 18.7 Å². The Hall–Kier alpha value is -4.16. The number of carbonyl (C=O) groups is 2. The average Bonchev–Trinajstić information content (AvgIpc) is 2.96. The minimum atomic E-state index is -3.93. The number of anilines is 2. The molecule has 1 aliphatic heterocycles. The van der Waals surface area contributed by atoms with E-state index in [1.165, 1.54) is 64.4 Å². The van der Waals surface area contributed by atoms with Crippen molar-refractivity contribution in [2.45, 2.75) is 37.8 Å². The van der Waals surface area contributed by atoms with E-state index < -0.39 is 39.9 Å². The number of urea groups is 1. The van der Waals surface area contributed by atoms with E-state index in [2.05, 4.69) is 10.0 Å². The van der Waals surface area contributed by atoms with Crippen LogP contribution in [0.25, 0.3) is 0 Å². The highest BCUT2D eigenvalue weighted by Crippen LogP contribution is 2.31. The topological polar surface area (TPSA) is 128 Å². The van der Waals surface area contributed by atoms with Gasteiger partial charge in [0.2, 0.25) is 0 Å². The Balaban J connectivity index is 1.61. The van der Waals surface area contributed by atoms with Crippen LogP contribution in [0.2, 0.25) is 0 Å². The minimum Gasteiger partial charge on any atom is -0.487 e. The first-order valence-corrected chi connectivity index (χ1v) is 15.0. The molecule has 3 aromatic carbocycles. The summed E-state index contributed by atoms with van der Waals surface area (Å²) in [4.78, 5) is 29.6. The van der Waals surface area contributed by atoms with E-state index >= 15 is 0 Å². The van der Waals surface area contributed by atoms with E-state index in [-0.39, 0.29) is 47.5 Å². The predicted molar refractivity (Wildman–Crippen MR) is 158 cm³/mol. The largest absolute Gasteiger partial charge is 0.487 e. The smallest absolute Gasteiger partial charge is 0.321 e. The number of rotatable bonds is 8. The van der Waals surface area contributed by atoms with Crippen LogP contribution < -0.4 is 14.8 Å². The molecule has 0 aromatic heterocycles. The molecule has 0 unspecified atom stereocenters. The van der Waals surface area contributed by atoms with Gasteiger partial charge in [-0.15, -0.1) is 0 Å². The molecule has 224 valence electrons. The number of likely N-dealkylation sites (N-methyl/N-ethyl adjacent to an activating group) is 1. The van der Waals surface area contributed by atoms with Crippen LogP contribution in [0.3, 0.4) is 0 Å². The molecule has 1 heterocycles. The summed E-state index contributed by atoms with van der Waals surface area (Å²) in [6.45, 7) is 5.54. The standard InChI is InChI=1S/C30H35FN4O6S/c1-19-5-12-25(13-6-19)42(39,40)33-24-11-14-27-26(15-24)29(37)35(21(3)18-36)16-20(2)28(41-27)17-34(4)30(38)32-23-9-7-22(31)8-10-23/h5-15,20-21,28,33,36H,16-18H2,1-4H3,(H,32,38)/t20-,21-,28+/m0/s1. The van der Waals surface area contributed by atoms with Crippen molar-refractivity contribution >= 4 is 33.3 Å². The molecule has 42 heavy (non-hydrogen) atoms. The second kappa shape index (κ2) is 12.8. The lowest BCUT2D eigenvalue weighted by atomic mass is 9.99. The van der Waals surface area contributed by atoms with Gasteiger partial charge in [-0.1, -0.05) is 24.6 Å². The maximum absolute atomic E-state index is 13.7. The summed E-state index contributed by atoms with van der Waals surface area (Å²) in [5, 5.41) is 12.6. The number of aliphatic hydroxyl groups excluding tert-OH is 1. The summed E-state index contributed by atoms with van der Waals surface area (Å²) in [7, 11) is -2.33. The summed E-state index contributed by atoms with van der Waals surface area (Å²) >= 11 is 0. The Morgan fingerprint density at radius 2 is 1.76 bits per heavy atom. The highest BCUT2D eigenvalue weighted by Gasteiger charge is 2.34. The summed E-state index contributed by atoms with van der Waals surface area (Å²) in [5.41, 5.74) is 1.64. The molecule has 0 bridgehead atoms. The number of hydrogen-bond donors (Lipinski definition) is 3. The zero-order valence-corrected chi connectivity index (χ0v) is 24.7. The van der Waals surface area contributed by atoms with Gasteiger partial charge in [0.25, 0.3) is 15.9 Å². The maximum Gasteiger partial charge on any atom is 0.321 e. The number of benzene rings is 3. The number of hydrogen-bond acceptors (Lipinski definition) is 6. The molecule has 0 fully saturated rings. The van der Waals surface area contributed by atoms with Crippen molar-refractivity contribution in [3.63, 3.8) is 0 Å². The third kappa shape index (κ3) is 7.18. The van der Waals surface area contributed by atoms with E-state index in [1.54, 1.807) is 26.1 Å². The van der Waals surface area contributed by atoms with Crippen molar-refractivity contribution in [3.05, 3.63) is 83.7 Å². The first kappa shape index (κ1) is 30.8. The lowest BCUT2D eigenvalue weighted by molar-refractivity contribution is 0.0371. The van der Waals surface area contributed by atoms with Crippen molar-refractivity contribution < 1.29 is 32.2 Å². The molecule has 4 rings (SSSR count). The number of aliphatic hydroxyl groups is 1. The Morgan fingerprint density at radius 3 is 2.40 bits per heavy atom. The van der Waals surface area contributed by atoms with E-state index in [4.69, 9.17) is 4.74 Å². The fraction of sp³-hybridized carbons (Fsp3) is 0.333. The van der Waals surface area contributed by atoms with E-state index in [0.29, 0.717) is 5.69 Å². The van der Waals surface area contributed by atoms with Crippen LogP contribution in [0.4, 0.5) is 20.6 Å². The molecule has 0 spiro atoms. The highest BCUT2D eigenvalue weighted by molar-refractivity contribution is 7.92. The van der Waals surface area contributed by atoms with E-state index in [0.717, 1.165) is 5.56 Å². The summed E-state index contributed by atoms with van der Waals surface area (Å²) in [6.07, 6.45) is -0.565. The lowest BCUT2D eigenvalue weighted by Gasteiger charge is -2.38. The van der Waals surface area contributed by atoms with Crippen LogP contribution in [0.5, 0.6) is 5.75 Å². The zero-order valence-electron chi connectivity index (χ0n) is 23.9. The second-order valence-electron chi connectivity index (χ2n) is 10.6. The van der Waals surface area contributed by atoms with Gasteiger partial charge >= 0.3 is 6.03 Å². The number of carbonyl (C=O) groups excluding carboxylic acids is 2. The van der Waals surface area contributed by atoms with Gasteiger partial charge in [-0.3, -0.25) is 9.52 Å². The Kier molecular flexibility index (Phi) is 9.37. The van der Waals surface area contributed by atoms with Crippen molar-refractivity contribution in [1.29, 1.82) is 0 Å². The Labute approximate surface area is 245 Å². The number of nitrogens with zero attached hydrogens (tertiary/aromatic N) is 2. The normalized spacial score (nSPS) is 17.8. The van der Waals surface area contributed by atoms with Crippen molar-refractivity contribution in [2.75, 3.05) is 36.8 Å². The van der Waals surface area contributed by atoms with Gasteiger partial charge in [0.15, 0.2) is 0 Å². The molecule has 3 N–H and O–H groups in total. The molecule has 10 nitrogen and oxygen atoms in total. The van der Waals surface area contributed by atoms with Gasteiger partial charge in [0.1, 0.15) is 17.7 Å². The number of ether oxygens (including phenoxy) is 1. The van der Waals surface area contributed by atoms with Gasteiger partial charge in [-0.25, -0.2) is 17.6 Å². The maximum atomic E-state index is 13.7. The zero-order chi connectivity index (χ0) is 30.6. The Bertz CT molecular complexity index is 1530. The molecule has 0 aliphatic carbocycles. The number of sulfonamides is 1.